The van der Waals surface area contributed by atoms with Gasteiger partial charge in [-0.1, -0.05) is 12.2 Å². The molecule has 7 heteroatoms. The van der Waals surface area contributed by atoms with Crippen molar-refractivity contribution in [3.05, 3.63) is 17.0 Å². The summed E-state index contributed by atoms with van der Waals surface area (Å²) in [5, 5.41) is 6.83. The Balaban J connectivity index is 2.09. The minimum absolute atomic E-state index is 0.218. The van der Waals surface area contributed by atoms with Crippen LogP contribution in [0.25, 0.3) is 0 Å². The number of carbonyl (C=O) groups is 1. The van der Waals surface area contributed by atoms with E-state index in [2.05, 4.69) is 45.9 Å². The Labute approximate surface area is 97.4 Å². The molecule has 1 heterocycles. The summed E-state index contributed by atoms with van der Waals surface area (Å²) in [5.41, 5.74) is 7.41. The molecule has 0 spiro atoms. The summed E-state index contributed by atoms with van der Waals surface area (Å²) in [4.78, 5) is 11.6. The topological polar surface area (TPSA) is 69.8 Å². The van der Waals surface area contributed by atoms with E-state index in [1.807, 2.05) is 0 Å². The Bertz CT molecular complexity index is 415. The van der Waals surface area contributed by atoms with Gasteiger partial charge in [0.05, 0.1) is 0 Å². The Kier molecular flexibility index (Phi) is 2.92. The number of nitrogens with one attached hydrogen (secondary N) is 3. The molecule has 15 heavy (non-hydrogen) atoms. The van der Waals surface area contributed by atoms with Crippen LogP contribution in [0.3, 0.4) is 0 Å². The number of thiol groups is 1. The van der Waals surface area contributed by atoms with Gasteiger partial charge in [0.2, 0.25) is 0 Å². The highest BCUT2D eigenvalue weighted by atomic mass is 32.1. The largest absolute Gasteiger partial charge is 0.290 e. The number of rotatable bonds is 1. The van der Waals surface area contributed by atoms with Crippen molar-refractivity contribution in [3.8, 4) is 0 Å². The lowest BCUT2D eigenvalue weighted by Crippen LogP contribution is -2.39. The summed E-state index contributed by atoms with van der Waals surface area (Å²) < 4.78 is 0.218. The van der Waals surface area contributed by atoms with Gasteiger partial charge in [-0.25, -0.2) is 0 Å². The quantitative estimate of drug-likeness (QED) is 0.326. The molecule has 5 nitrogen and oxygen atoms in total. The van der Waals surface area contributed by atoms with E-state index in [-0.39, 0.29) is 10.2 Å². The van der Waals surface area contributed by atoms with E-state index < -0.39 is 0 Å². The molecule has 1 aromatic rings. The van der Waals surface area contributed by atoms with Gasteiger partial charge in [0, 0.05) is 11.3 Å². The van der Waals surface area contributed by atoms with Crippen LogP contribution in [0.1, 0.15) is 28.2 Å². The third kappa shape index (κ3) is 2.13. The van der Waals surface area contributed by atoms with Crippen molar-refractivity contribution in [2.24, 2.45) is 0 Å². The molecule has 1 aliphatic carbocycles. The molecule has 0 radical (unpaired) electrons. The van der Waals surface area contributed by atoms with Gasteiger partial charge in [0.1, 0.15) is 4.32 Å². The molecule has 0 saturated heterocycles. The summed E-state index contributed by atoms with van der Waals surface area (Å²) in [6.45, 7) is 0. The number of nitrogens with zero attached hydrogens (tertiary/aromatic N) is 1. The number of carbonyl (C=O) groups excluding carboxylic acids is 1. The van der Waals surface area contributed by atoms with Crippen LogP contribution >= 0.6 is 24.8 Å². The molecular formula is C8H10N4OS2. The third-order valence-corrected chi connectivity index (χ3v) is 2.52. The molecule has 0 aliphatic heterocycles. The van der Waals surface area contributed by atoms with Crippen molar-refractivity contribution >= 4 is 35.1 Å². The molecular weight excluding hydrogens is 232 g/mol. The Morgan fingerprint density at radius 3 is 3.00 bits per heavy atom. The van der Waals surface area contributed by atoms with Crippen LogP contribution in [0.2, 0.25) is 0 Å². The minimum atomic E-state index is -0.286. The number of hydrazine groups is 1. The van der Waals surface area contributed by atoms with E-state index in [1.165, 1.54) is 0 Å². The lowest BCUT2D eigenvalue weighted by atomic mass is 10.2. The predicted molar refractivity (Wildman–Crippen MR) is 62.8 cm³/mol. The normalized spacial score (nSPS) is 13.4. The standard InChI is InChI=1S/C8H10N4OS2/c13-7(11-12-8(14)15)6-4-2-1-3-5(4)9-10-6/h1-3H2,(H,9,10)(H,11,13)(H2,12,14,15). The van der Waals surface area contributed by atoms with Gasteiger partial charge in [0.15, 0.2) is 5.69 Å². The molecule has 0 unspecified atom stereocenters. The third-order valence-electron chi connectivity index (χ3n) is 2.30. The first-order valence-electron chi connectivity index (χ1n) is 4.54. The molecule has 1 amide bonds. The lowest BCUT2D eigenvalue weighted by molar-refractivity contribution is 0.0938. The van der Waals surface area contributed by atoms with Crippen molar-refractivity contribution in [2.75, 3.05) is 0 Å². The van der Waals surface area contributed by atoms with Crippen molar-refractivity contribution in [3.63, 3.8) is 0 Å². The molecule has 1 aromatic heterocycles. The number of H-pyrrole nitrogens is 1. The Morgan fingerprint density at radius 2 is 2.27 bits per heavy atom. The first kappa shape index (κ1) is 10.4. The first-order valence-corrected chi connectivity index (χ1v) is 5.39. The van der Waals surface area contributed by atoms with Crippen molar-refractivity contribution in [2.45, 2.75) is 19.3 Å². The summed E-state index contributed by atoms with van der Waals surface area (Å²) in [7, 11) is 0. The van der Waals surface area contributed by atoms with E-state index in [4.69, 9.17) is 0 Å². The zero-order valence-corrected chi connectivity index (χ0v) is 9.54. The van der Waals surface area contributed by atoms with Gasteiger partial charge in [-0.15, -0.1) is 12.6 Å². The number of fused-ring (bicyclic) bond motifs is 1. The second-order valence-corrected chi connectivity index (χ2v) is 4.43. The maximum atomic E-state index is 11.6. The maximum absolute atomic E-state index is 11.6. The maximum Gasteiger partial charge on any atom is 0.290 e. The van der Waals surface area contributed by atoms with Crippen molar-refractivity contribution in [1.82, 2.24) is 21.0 Å². The van der Waals surface area contributed by atoms with Crippen LogP contribution in [0.5, 0.6) is 0 Å². The SMILES string of the molecule is O=C(NNC(=S)S)c1n[nH]c2c1CCC2. The van der Waals surface area contributed by atoms with E-state index >= 15 is 0 Å². The predicted octanol–water partition coefficient (Wildman–Crippen LogP) is 0.347. The fourth-order valence-electron chi connectivity index (χ4n) is 1.68. The molecule has 1 aliphatic rings. The first-order chi connectivity index (χ1) is 7.18. The Morgan fingerprint density at radius 1 is 1.47 bits per heavy atom. The average Bonchev–Trinajstić information content (AvgIpc) is 2.74. The van der Waals surface area contributed by atoms with E-state index in [0.29, 0.717) is 5.69 Å². The number of aromatic amines is 1. The number of aromatic nitrogens is 2. The highest BCUT2D eigenvalue weighted by Gasteiger charge is 2.22. The van der Waals surface area contributed by atoms with Gasteiger partial charge in [-0.2, -0.15) is 5.10 Å². The van der Waals surface area contributed by atoms with Crippen LogP contribution in [-0.2, 0) is 12.8 Å². The number of aryl methyl sites for hydroxylation is 1. The van der Waals surface area contributed by atoms with Crippen LogP contribution in [0, 0.1) is 0 Å². The fraction of sp³-hybridized carbons (Fsp3) is 0.375. The monoisotopic (exact) mass is 242 g/mol. The summed E-state index contributed by atoms with van der Waals surface area (Å²) in [5.74, 6) is -0.286. The summed E-state index contributed by atoms with van der Waals surface area (Å²) in [6, 6.07) is 0. The number of amides is 1. The minimum Gasteiger partial charge on any atom is -0.283 e. The zero-order chi connectivity index (χ0) is 10.8. The van der Waals surface area contributed by atoms with Crippen LogP contribution in [0.4, 0.5) is 0 Å². The smallest absolute Gasteiger partial charge is 0.283 e. The number of thiocarbonyl (C=S) groups is 1. The molecule has 80 valence electrons. The van der Waals surface area contributed by atoms with Crippen molar-refractivity contribution in [1.29, 1.82) is 0 Å². The molecule has 3 N–H and O–H groups in total. The van der Waals surface area contributed by atoms with Crippen LogP contribution in [-0.4, -0.2) is 20.4 Å². The lowest BCUT2D eigenvalue weighted by Gasteiger charge is -2.04. The fourth-order valence-corrected chi connectivity index (χ4v) is 1.78. The highest BCUT2D eigenvalue weighted by Crippen LogP contribution is 2.22. The molecule has 0 saturated carbocycles. The van der Waals surface area contributed by atoms with Gasteiger partial charge >= 0.3 is 0 Å². The van der Waals surface area contributed by atoms with E-state index in [1.54, 1.807) is 0 Å². The van der Waals surface area contributed by atoms with Gasteiger partial charge in [-0.3, -0.25) is 20.7 Å². The van der Waals surface area contributed by atoms with Gasteiger partial charge in [0.25, 0.3) is 5.91 Å². The second kappa shape index (κ2) is 4.19. The number of hydrogen-bond donors (Lipinski definition) is 4. The molecule has 2 rings (SSSR count). The van der Waals surface area contributed by atoms with Crippen LogP contribution < -0.4 is 10.9 Å². The highest BCUT2D eigenvalue weighted by molar-refractivity contribution is 8.11. The zero-order valence-electron chi connectivity index (χ0n) is 7.83. The molecule has 0 bridgehead atoms. The Hall–Kier alpha value is -1.08. The van der Waals surface area contributed by atoms with Crippen molar-refractivity contribution < 1.29 is 4.79 Å². The number of hydrogen-bond acceptors (Lipinski definition) is 3. The average molecular weight is 242 g/mol. The van der Waals surface area contributed by atoms with E-state index in [0.717, 1.165) is 30.5 Å². The van der Waals surface area contributed by atoms with Gasteiger partial charge < -0.3 is 0 Å². The molecule has 0 atom stereocenters. The molecule has 0 aromatic carbocycles. The summed E-state index contributed by atoms with van der Waals surface area (Å²) >= 11 is 8.48. The second-order valence-electron chi connectivity index (χ2n) is 3.27. The van der Waals surface area contributed by atoms with Crippen LogP contribution in [0.15, 0.2) is 0 Å². The summed E-state index contributed by atoms with van der Waals surface area (Å²) in [6.07, 6.45) is 2.94. The van der Waals surface area contributed by atoms with Gasteiger partial charge in [-0.05, 0) is 19.3 Å². The van der Waals surface area contributed by atoms with E-state index in [9.17, 15) is 4.79 Å². The molecule has 0 fully saturated rings.